The number of hydrogen-bond donors (Lipinski definition) is 4. The molecular formula is C28H34N2O5. The van der Waals surface area contributed by atoms with Crippen LogP contribution < -0.4 is 4.74 Å². The highest BCUT2D eigenvalue weighted by molar-refractivity contribution is 5.63. The average Bonchev–Trinajstić information content (AvgIpc) is 3.51. The lowest BCUT2D eigenvalue weighted by Crippen LogP contribution is -2.76. The van der Waals surface area contributed by atoms with E-state index in [9.17, 15) is 20.4 Å². The van der Waals surface area contributed by atoms with Gasteiger partial charge in [0.05, 0.1) is 17.1 Å². The minimum absolute atomic E-state index is 0.00166. The van der Waals surface area contributed by atoms with E-state index in [1.165, 1.54) is 12.8 Å². The number of phenolic OH excluding ortho intramolecular Hbond substituents is 1. The fraction of sp³-hybridized carbons (Fsp3) is 0.571. The van der Waals surface area contributed by atoms with Crippen molar-refractivity contribution in [1.82, 2.24) is 9.47 Å². The molecule has 4 N–H and O–H groups in total. The molecule has 0 unspecified atom stereocenters. The normalized spacial score (nSPS) is 35.3. The quantitative estimate of drug-likeness (QED) is 0.521. The van der Waals surface area contributed by atoms with E-state index >= 15 is 0 Å². The van der Waals surface area contributed by atoms with Crippen molar-refractivity contribution in [3.8, 4) is 23.3 Å². The summed E-state index contributed by atoms with van der Waals surface area (Å²) in [7, 11) is 0. The lowest BCUT2D eigenvalue weighted by atomic mass is 9.48. The number of benzene rings is 1. The Hall–Kier alpha value is -2.64. The molecule has 2 saturated carbocycles. The smallest absolute Gasteiger partial charge is 0.201 e. The number of likely N-dealkylation sites (tertiary alicyclic amines) is 1. The van der Waals surface area contributed by atoms with Gasteiger partial charge >= 0.3 is 0 Å². The number of piperidine rings is 1. The molecule has 5 aliphatic rings. The highest BCUT2D eigenvalue weighted by atomic mass is 16.5. The van der Waals surface area contributed by atoms with Crippen LogP contribution in [0.3, 0.4) is 0 Å². The minimum Gasteiger partial charge on any atom is -0.504 e. The van der Waals surface area contributed by atoms with Gasteiger partial charge in [-0.05, 0) is 69.0 Å². The monoisotopic (exact) mass is 478 g/mol. The molecule has 7 rings (SSSR count). The molecule has 0 radical (unpaired) electrons. The Balaban J connectivity index is 1.38. The Bertz CT molecular complexity index is 1230. The summed E-state index contributed by atoms with van der Waals surface area (Å²) in [5, 5.41) is 45.4. The van der Waals surface area contributed by atoms with Crippen molar-refractivity contribution in [2.24, 2.45) is 5.92 Å². The number of aromatic hydroxyl groups is 3. The van der Waals surface area contributed by atoms with Crippen molar-refractivity contribution in [3.63, 3.8) is 0 Å². The van der Waals surface area contributed by atoms with E-state index in [1.807, 2.05) is 25.1 Å². The molecule has 2 aromatic rings. The van der Waals surface area contributed by atoms with Crippen molar-refractivity contribution in [1.29, 1.82) is 0 Å². The molecule has 7 nitrogen and oxygen atoms in total. The maximum absolute atomic E-state index is 12.6. The summed E-state index contributed by atoms with van der Waals surface area (Å²) in [4.78, 5) is 2.51. The first-order valence-corrected chi connectivity index (χ1v) is 13.2. The summed E-state index contributed by atoms with van der Waals surface area (Å²) in [6.07, 6.45) is 9.24. The van der Waals surface area contributed by atoms with E-state index in [0.29, 0.717) is 24.2 Å². The van der Waals surface area contributed by atoms with Crippen LogP contribution in [0.1, 0.15) is 68.2 Å². The van der Waals surface area contributed by atoms with Crippen molar-refractivity contribution in [2.75, 3.05) is 13.1 Å². The van der Waals surface area contributed by atoms with Crippen LogP contribution in [0.4, 0.5) is 0 Å². The summed E-state index contributed by atoms with van der Waals surface area (Å²) < 4.78 is 8.16. The second-order valence-corrected chi connectivity index (χ2v) is 11.4. The third-order valence-corrected chi connectivity index (χ3v) is 9.61. The second kappa shape index (κ2) is 7.20. The molecule has 7 heteroatoms. The summed E-state index contributed by atoms with van der Waals surface area (Å²) in [6, 6.07) is 4.93. The molecule has 186 valence electrons. The fourth-order valence-electron chi connectivity index (χ4n) is 7.93. The molecule has 3 fully saturated rings. The van der Waals surface area contributed by atoms with Crippen LogP contribution in [-0.4, -0.2) is 60.7 Å². The van der Waals surface area contributed by atoms with Crippen LogP contribution >= 0.6 is 0 Å². The Morgan fingerprint density at radius 3 is 2.74 bits per heavy atom. The minimum atomic E-state index is -0.989. The van der Waals surface area contributed by atoms with Gasteiger partial charge in [0.25, 0.3) is 0 Å². The van der Waals surface area contributed by atoms with E-state index in [1.54, 1.807) is 16.7 Å². The van der Waals surface area contributed by atoms with Crippen molar-refractivity contribution in [2.45, 2.75) is 81.1 Å². The Morgan fingerprint density at radius 1 is 1.14 bits per heavy atom. The Morgan fingerprint density at radius 2 is 1.97 bits per heavy atom. The molecule has 1 saturated heterocycles. The van der Waals surface area contributed by atoms with Gasteiger partial charge in [0.2, 0.25) is 5.88 Å². The predicted octanol–water partition coefficient (Wildman–Crippen LogP) is 3.83. The number of nitrogens with zero attached hydrogens (tertiary/aromatic N) is 2. The van der Waals surface area contributed by atoms with Gasteiger partial charge in [0.1, 0.15) is 6.10 Å². The molecule has 35 heavy (non-hydrogen) atoms. The van der Waals surface area contributed by atoms with Gasteiger partial charge in [-0.2, -0.15) is 0 Å². The number of allylic oxidation sites excluding steroid dienone is 1. The van der Waals surface area contributed by atoms with Crippen molar-refractivity contribution < 1.29 is 25.2 Å². The topological polar surface area (TPSA) is 98.3 Å². The third-order valence-electron chi connectivity index (χ3n) is 9.61. The molecule has 1 aromatic heterocycles. The molecular weight excluding hydrogens is 444 g/mol. The zero-order valence-electron chi connectivity index (χ0n) is 20.2. The van der Waals surface area contributed by atoms with Crippen molar-refractivity contribution >= 4 is 6.08 Å². The van der Waals surface area contributed by atoms with E-state index < -0.39 is 17.1 Å². The predicted molar refractivity (Wildman–Crippen MR) is 131 cm³/mol. The standard InChI is InChI=1S/C28H34N2O5/c1-2-3-4-18-14-22(32)30(26(18)33)19-9-10-28(34)21-13-17-7-8-20(31)24-23(17)27(28,25(19)35-24)11-12-29(21)15-16-5-6-16/h3-4,7-8,14,16,19,21,25,31-34H,2,5-6,9-13,15H2,1H3/t19-,21-,25+,27+,28-/m1/s1. The average molecular weight is 479 g/mol. The van der Waals surface area contributed by atoms with Gasteiger partial charge in [-0.1, -0.05) is 25.1 Å². The maximum Gasteiger partial charge on any atom is 0.201 e. The number of hydrogen-bond acceptors (Lipinski definition) is 6. The first-order chi connectivity index (χ1) is 16.9. The number of ether oxygens (including phenoxy) is 1. The van der Waals surface area contributed by atoms with Crippen molar-refractivity contribution in [3.05, 3.63) is 41.0 Å². The van der Waals surface area contributed by atoms with Gasteiger partial charge in [-0.15, -0.1) is 0 Å². The SMILES string of the molecule is CCC=Cc1cc(O)n([C@@H]2CC[C@@]3(O)[C@H]4Cc5ccc(O)c6c5[C@@]3(CCN4CC3CC3)[C@H]2O6)c1O. The van der Waals surface area contributed by atoms with Crippen LogP contribution in [0, 0.1) is 5.92 Å². The molecule has 5 atom stereocenters. The molecule has 2 aliphatic heterocycles. The highest BCUT2D eigenvalue weighted by Gasteiger charge is 2.73. The third kappa shape index (κ3) is 2.68. The molecule has 3 heterocycles. The molecule has 1 aromatic carbocycles. The first kappa shape index (κ1) is 21.6. The van der Waals surface area contributed by atoms with Gasteiger partial charge in [0, 0.05) is 29.8 Å². The summed E-state index contributed by atoms with van der Waals surface area (Å²) >= 11 is 0. The molecule has 1 spiro atoms. The van der Waals surface area contributed by atoms with Gasteiger partial charge in [0.15, 0.2) is 17.4 Å². The molecule has 2 bridgehead atoms. The second-order valence-electron chi connectivity index (χ2n) is 11.4. The molecule has 3 aliphatic carbocycles. The number of aromatic nitrogens is 1. The highest BCUT2D eigenvalue weighted by Crippen LogP contribution is 2.67. The maximum atomic E-state index is 12.6. The first-order valence-electron chi connectivity index (χ1n) is 13.2. The lowest BCUT2D eigenvalue weighted by molar-refractivity contribution is -0.196. The van der Waals surface area contributed by atoms with E-state index in [0.717, 1.165) is 49.4 Å². The Kier molecular flexibility index (Phi) is 4.45. The van der Waals surface area contributed by atoms with E-state index in [-0.39, 0.29) is 29.6 Å². The van der Waals surface area contributed by atoms with E-state index in [4.69, 9.17) is 4.74 Å². The Labute approximate surface area is 205 Å². The van der Waals surface area contributed by atoms with Gasteiger partial charge in [-0.3, -0.25) is 9.47 Å². The number of phenols is 1. The lowest BCUT2D eigenvalue weighted by Gasteiger charge is -2.64. The summed E-state index contributed by atoms with van der Waals surface area (Å²) in [6.45, 7) is 3.93. The van der Waals surface area contributed by atoms with Crippen LogP contribution in [0.5, 0.6) is 23.3 Å². The van der Waals surface area contributed by atoms with Gasteiger partial charge < -0.3 is 25.2 Å². The number of rotatable bonds is 5. The van der Waals surface area contributed by atoms with Crippen LogP contribution in [-0.2, 0) is 11.8 Å². The fourth-order valence-corrected chi connectivity index (χ4v) is 7.93. The zero-order chi connectivity index (χ0) is 24.1. The summed E-state index contributed by atoms with van der Waals surface area (Å²) in [5.41, 5.74) is 0.988. The zero-order valence-corrected chi connectivity index (χ0v) is 20.2. The van der Waals surface area contributed by atoms with Crippen LogP contribution in [0.15, 0.2) is 24.3 Å². The summed E-state index contributed by atoms with van der Waals surface area (Å²) in [5.74, 6) is 1.32. The number of aliphatic hydroxyl groups is 1. The largest absolute Gasteiger partial charge is 0.504 e. The molecule has 0 amide bonds. The van der Waals surface area contributed by atoms with Crippen LogP contribution in [0.2, 0.25) is 0 Å². The van der Waals surface area contributed by atoms with Crippen LogP contribution in [0.25, 0.3) is 6.08 Å². The van der Waals surface area contributed by atoms with E-state index in [2.05, 4.69) is 4.90 Å². The van der Waals surface area contributed by atoms with Gasteiger partial charge in [-0.25, -0.2) is 0 Å².